The number of carbonyl (C=O) groups excluding carboxylic acids is 1. The number of amides is 1. The lowest BCUT2D eigenvalue weighted by Gasteiger charge is -2.23. The van der Waals surface area contributed by atoms with Crippen LogP contribution in [0.15, 0.2) is 67.0 Å². The Labute approximate surface area is 203 Å². The molecule has 1 aliphatic rings. The Bertz CT molecular complexity index is 1340. The summed E-state index contributed by atoms with van der Waals surface area (Å²) in [5, 5.41) is 8.94. The zero-order valence-corrected chi connectivity index (χ0v) is 19.3. The summed E-state index contributed by atoms with van der Waals surface area (Å²) in [5.74, 6) is 6.92. The Morgan fingerprint density at radius 2 is 1.89 bits per heavy atom. The number of aromatic nitrogens is 3. The van der Waals surface area contributed by atoms with E-state index in [0.717, 1.165) is 48.0 Å². The van der Waals surface area contributed by atoms with Crippen LogP contribution in [0.25, 0.3) is 22.2 Å². The third-order valence-corrected chi connectivity index (χ3v) is 6.19. The molecule has 0 aliphatic carbocycles. The molecule has 6 N–H and O–H groups in total. The van der Waals surface area contributed by atoms with Crippen molar-refractivity contribution >= 4 is 28.4 Å². The minimum atomic E-state index is -0.0637. The lowest BCUT2D eigenvalue weighted by atomic mass is 10.1. The first-order chi connectivity index (χ1) is 17.1. The Kier molecular flexibility index (Phi) is 6.51. The van der Waals surface area contributed by atoms with Crippen molar-refractivity contribution in [1.29, 1.82) is 0 Å². The summed E-state index contributed by atoms with van der Waals surface area (Å²) in [6, 6.07) is 17.4. The maximum Gasteiger partial charge on any atom is 0.251 e. The standard InChI is InChI=1S/C26H28N8O/c27-24-25(34(28)16-17-3-8-22-20(14-17)2-1-11-30-22)33-23(15-31-24)18-4-6-19(7-5-18)26(35)32-21-9-12-29-13-10-21/h1-8,11,14-15,21,29H,9-10,12-13,16,28H2,(H2,27,31)(H,32,35). The number of hydrogen-bond donors (Lipinski definition) is 4. The molecule has 1 saturated heterocycles. The van der Waals surface area contributed by atoms with Gasteiger partial charge < -0.3 is 16.4 Å². The number of nitrogen functional groups attached to an aromatic ring is 1. The molecule has 0 bridgehead atoms. The SMILES string of the molecule is Nc1ncc(-c2ccc(C(=O)NC3CCNCC3)cc2)nc1N(N)Cc1ccc2ncccc2c1. The van der Waals surface area contributed by atoms with E-state index in [1.807, 2.05) is 42.5 Å². The van der Waals surface area contributed by atoms with E-state index in [1.54, 1.807) is 24.5 Å². The summed E-state index contributed by atoms with van der Waals surface area (Å²) < 4.78 is 0. The van der Waals surface area contributed by atoms with Gasteiger partial charge in [0.1, 0.15) is 0 Å². The summed E-state index contributed by atoms with van der Waals surface area (Å²) in [5.41, 5.74) is 10.1. The summed E-state index contributed by atoms with van der Waals surface area (Å²) >= 11 is 0. The largest absolute Gasteiger partial charge is 0.381 e. The number of pyridine rings is 1. The van der Waals surface area contributed by atoms with Gasteiger partial charge in [0.2, 0.25) is 0 Å². The molecule has 0 radical (unpaired) electrons. The fraction of sp³-hybridized carbons (Fsp3) is 0.231. The van der Waals surface area contributed by atoms with Crippen LogP contribution in [0, 0.1) is 0 Å². The molecule has 0 spiro atoms. The molecule has 2 aromatic heterocycles. The van der Waals surface area contributed by atoms with Crippen LogP contribution in [-0.2, 0) is 6.54 Å². The Morgan fingerprint density at radius 1 is 1.09 bits per heavy atom. The molecule has 9 heteroatoms. The van der Waals surface area contributed by atoms with Crippen molar-refractivity contribution in [3.63, 3.8) is 0 Å². The lowest BCUT2D eigenvalue weighted by molar-refractivity contribution is 0.0929. The molecule has 4 aromatic rings. The maximum absolute atomic E-state index is 12.6. The Hall–Kier alpha value is -4.08. The third-order valence-electron chi connectivity index (χ3n) is 6.19. The summed E-state index contributed by atoms with van der Waals surface area (Å²) in [7, 11) is 0. The summed E-state index contributed by atoms with van der Waals surface area (Å²) in [6.07, 6.45) is 5.27. The summed E-state index contributed by atoms with van der Waals surface area (Å²) in [4.78, 5) is 25.9. The maximum atomic E-state index is 12.6. The topological polar surface area (TPSA) is 135 Å². The molecule has 3 heterocycles. The van der Waals surface area contributed by atoms with Crippen molar-refractivity contribution in [3.05, 3.63) is 78.1 Å². The van der Waals surface area contributed by atoms with Crippen molar-refractivity contribution in [1.82, 2.24) is 25.6 Å². The van der Waals surface area contributed by atoms with Gasteiger partial charge in [-0.15, -0.1) is 0 Å². The average molecular weight is 469 g/mol. The second kappa shape index (κ2) is 10.0. The molecule has 0 atom stereocenters. The van der Waals surface area contributed by atoms with Crippen LogP contribution in [-0.4, -0.2) is 40.0 Å². The molecule has 1 amide bonds. The second-order valence-electron chi connectivity index (χ2n) is 8.70. The number of nitrogens with zero attached hydrogens (tertiary/aromatic N) is 4. The van der Waals surface area contributed by atoms with E-state index in [-0.39, 0.29) is 17.8 Å². The highest BCUT2D eigenvalue weighted by Gasteiger charge is 2.17. The van der Waals surface area contributed by atoms with Crippen LogP contribution in [0.3, 0.4) is 0 Å². The van der Waals surface area contributed by atoms with Crippen molar-refractivity contribution in [2.75, 3.05) is 23.8 Å². The van der Waals surface area contributed by atoms with Crippen molar-refractivity contribution in [3.8, 4) is 11.3 Å². The van der Waals surface area contributed by atoms with Crippen LogP contribution in [0.1, 0.15) is 28.8 Å². The van der Waals surface area contributed by atoms with Gasteiger partial charge in [-0.3, -0.25) is 14.8 Å². The monoisotopic (exact) mass is 468 g/mol. The van der Waals surface area contributed by atoms with Gasteiger partial charge in [0.15, 0.2) is 11.6 Å². The Morgan fingerprint density at radius 3 is 2.69 bits per heavy atom. The molecule has 5 rings (SSSR count). The van der Waals surface area contributed by atoms with Crippen LogP contribution in [0.4, 0.5) is 11.6 Å². The first-order valence-electron chi connectivity index (χ1n) is 11.7. The second-order valence-corrected chi connectivity index (χ2v) is 8.70. The number of nitrogens with one attached hydrogen (secondary N) is 2. The molecule has 2 aromatic carbocycles. The number of nitrogens with two attached hydrogens (primary N) is 2. The quantitative estimate of drug-likeness (QED) is 0.251. The highest BCUT2D eigenvalue weighted by molar-refractivity contribution is 5.94. The van der Waals surface area contributed by atoms with Gasteiger partial charge in [-0.05, 0) is 61.8 Å². The first kappa shape index (κ1) is 22.7. The number of hydrazine groups is 1. The zero-order valence-electron chi connectivity index (χ0n) is 19.3. The van der Waals surface area contributed by atoms with Crippen LogP contribution in [0.5, 0.6) is 0 Å². The number of piperidine rings is 1. The van der Waals surface area contributed by atoms with E-state index in [1.165, 1.54) is 5.01 Å². The van der Waals surface area contributed by atoms with Crippen molar-refractivity contribution < 1.29 is 4.79 Å². The molecular formula is C26H28N8O. The number of rotatable bonds is 6. The third kappa shape index (κ3) is 5.21. The van der Waals surface area contributed by atoms with E-state index in [0.29, 0.717) is 23.6 Å². The van der Waals surface area contributed by atoms with Gasteiger partial charge in [0.25, 0.3) is 5.91 Å². The minimum Gasteiger partial charge on any atom is -0.381 e. The predicted molar refractivity (Wildman–Crippen MR) is 137 cm³/mol. The minimum absolute atomic E-state index is 0.0637. The number of hydrogen-bond acceptors (Lipinski definition) is 8. The van der Waals surface area contributed by atoms with Gasteiger partial charge in [0.05, 0.1) is 24.0 Å². The lowest BCUT2D eigenvalue weighted by Crippen LogP contribution is -2.42. The molecule has 0 saturated carbocycles. The van der Waals surface area contributed by atoms with E-state index in [9.17, 15) is 4.79 Å². The number of fused-ring (bicyclic) bond motifs is 1. The van der Waals surface area contributed by atoms with E-state index in [2.05, 4.69) is 25.6 Å². The molecule has 35 heavy (non-hydrogen) atoms. The normalized spacial score (nSPS) is 14.1. The van der Waals surface area contributed by atoms with Gasteiger partial charge >= 0.3 is 0 Å². The highest BCUT2D eigenvalue weighted by Crippen LogP contribution is 2.24. The molecule has 1 aliphatic heterocycles. The molecule has 9 nitrogen and oxygen atoms in total. The number of benzene rings is 2. The van der Waals surface area contributed by atoms with E-state index < -0.39 is 0 Å². The smallest absolute Gasteiger partial charge is 0.251 e. The zero-order chi connectivity index (χ0) is 24.2. The van der Waals surface area contributed by atoms with Gasteiger partial charge in [-0.1, -0.05) is 24.3 Å². The molecule has 1 fully saturated rings. The van der Waals surface area contributed by atoms with Crippen molar-refractivity contribution in [2.24, 2.45) is 5.84 Å². The van der Waals surface area contributed by atoms with Crippen LogP contribution < -0.4 is 27.2 Å². The predicted octanol–water partition coefficient (Wildman–Crippen LogP) is 2.64. The van der Waals surface area contributed by atoms with Crippen molar-refractivity contribution in [2.45, 2.75) is 25.4 Å². The molecule has 178 valence electrons. The van der Waals surface area contributed by atoms with E-state index >= 15 is 0 Å². The fourth-order valence-corrected chi connectivity index (χ4v) is 4.26. The fourth-order valence-electron chi connectivity index (χ4n) is 4.26. The van der Waals surface area contributed by atoms with Crippen LogP contribution in [0.2, 0.25) is 0 Å². The molecule has 0 unspecified atom stereocenters. The Balaban J connectivity index is 1.31. The average Bonchev–Trinajstić information content (AvgIpc) is 2.89. The number of carbonyl (C=O) groups is 1. The van der Waals surface area contributed by atoms with E-state index in [4.69, 9.17) is 11.6 Å². The molecular weight excluding hydrogens is 440 g/mol. The van der Waals surface area contributed by atoms with Gasteiger partial charge in [-0.25, -0.2) is 15.8 Å². The highest BCUT2D eigenvalue weighted by atomic mass is 16.1. The van der Waals surface area contributed by atoms with Gasteiger partial charge in [0, 0.05) is 28.8 Å². The van der Waals surface area contributed by atoms with Gasteiger partial charge in [-0.2, -0.15) is 0 Å². The number of anilines is 2. The summed E-state index contributed by atoms with van der Waals surface area (Å²) in [6.45, 7) is 2.26. The first-order valence-corrected chi connectivity index (χ1v) is 11.7. The van der Waals surface area contributed by atoms with Crippen LogP contribution >= 0.6 is 0 Å².